The number of aliphatic hydroxyl groups excluding tert-OH is 1. The van der Waals surface area contributed by atoms with Gasteiger partial charge in [-0.05, 0) is 64.4 Å². The summed E-state index contributed by atoms with van der Waals surface area (Å²) in [4.78, 5) is 0. The molecule has 0 aliphatic heterocycles. The molecule has 1 atom stereocenters. The van der Waals surface area contributed by atoms with Crippen molar-refractivity contribution in [3.8, 4) is 5.75 Å². The minimum Gasteiger partial charge on any atom is -0.537 e. The average Bonchev–Trinajstić information content (AvgIpc) is 2.88. The summed E-state index contributed by atoms with van der Waals surface area (Å²) in [6.07, 6.45) is 1.84. The van der Waals surface area contributed by atoms with Gasteiger partial charge in [0.2, 0.25) is 0 Å². The van der Waals surface area contributed by atoms with Crippen LogP contribution in [-0.2, 0) is 11.8 Å². The Morgan fingerprint density at radius 2 is 1.39 bits per heavy atom. The number of rotatable bonds is 9. The van der Waals surface area contributed by atoms with E-state index in [1.807, 2.05) is 24.3 Å². The van der Waals surface area contributed by atoms with Gasteiger partial charge in [-0.15, -0.1) is 0 Å². The van der Waals surface area contributed by atoms with Crippen molar-refractivity contribution in [3.63, 3.8) is 0 Å². The Kier molecular flexibility index (Phi) is 8.68. The van der Waals surface area contributed by atoms with Crippen molar-refractivity contribution in [1.29, 1.82) is 0 Å². The zero-order chi connectivity index (χ0) is 25.5. The minimum atomic E-state index is -2.03. The highest BCUT2D eigenvalue weighted by Gasteiger charge is 2.24. The molecule has 4 rings (SSSR count). The lowest BCUT2D eigenvalue weighted by Crippen LogP contribution is -2.47. The van der Waals surface area contributed by atoms with Gasteiger partial charge in [0.05, 0.1) is 6.10 Å². The van der Waals surface area contributed by atoms with Crippen LogP contribution >= 0.6 is 11.6 Å². The highest BCUT2D eigenvalue weighted by Crippen LogP contribution is 2.34. The fourth-order valence-corrected chi connectivity index (χ4v) is 6.78. The summed E-state index contributed by atoms with van der Waals surface area (Å²) < 4.78 is 6.92. The summed E-state index contributed by atoms with van der Waals surface area (Å²) in [5, 5.41) is 14.5. The first-order chi connectivity index (χ1) is 17.3. The van der Waals surface area contributed by atoms with Gasteiger partial charge in [0.15, 0.2) is 0 Å². The van der Waals surface area contributed by atoms with Crippen LogP contribution in [-0.4, -0.2) is 14.1 Å². The molecule has 0 saturated carbocycles. The Morgan fingerprint density at radius 3 is 1.94 bits per heavy atom. The first-order valence-electron chi connectivity index (χ1n) is 12.6. The number of aryl methyl sites for hydroxylation is 1. The molecule has 0 aliphatic rings. The number of halogens is 1. The molecule has 0 bridgehead atoms. The van der Waals surface area contributed by atoms with Crippen LogP contribution < -0.4 is 14.8 Å². The summed E-state index contributed by atoms with van der Waals surface area (Å²) in [5.41, 5.74) is 3.27. The van der Waals surface area contributed by atoms with Gasteiger partial charge in [-0.2, -0.15) is 0 Å². The van der Waals surface area contributed by atoms with Crippen LogP contribution in [0.5, 0.6) is 5.75 Å². The first kappa shape index (κ1) is 26.2. The number of benzene rings is 4. The lowest BCUT2D eigenvalue weighted by Gasteiger charge is -2.26. The molecule has 4 aromatic carbocycles. The molecule has 4 heteroatoms. The van der Waals surface area contributed by atoms with Crippen molar-refractivity contribution in [2.45, 2.75) is 51.6 Å². The Balaban J connectivity index is 1.62. The normalized spacial score (nSPS) is 12.5. The van der Waals surface area contributed by atoms with Gasteiger partial charge in [0.1, 0.15) is 5.75 Å². The van der Waals surface area contributed by atoms with Gasteiger partial charge in [0, 0.05) is 10.6 Å². The first-order valence-corrected chi connectivity index (χ1v) is 14.6. The van der Waals surface area contributed by atoms with Crippen LogP contribution in [0.25, 0.3) is 0 Å². The molecule has 0 aliphatic carbocycles. The van der Waals surface area contributed by atoms with Gasteiger partial charge < -0.3 is 9.53 Å². The molecule has 0 amide bonds. The van der Waals surface area contributed by atoms with E-state index in [1.54, 1.807) is 0 Å². The van der Waals surface area contributed by atoms with E-state index < -0.39 is 15.1 Å². The molecule has 4 aromatic rings. The number of aliphatic hydroxyl groups is 1. The maximum Gasteiger partial charge on any atom is 0.299 e. The van der Waals surface area contributed by atoms with Crippen LogP contribution in [0.4, 0.5) is 0 Å². The van der Waals surface area contributed by atoms with Crippen LogP contribution in [0.15, 0.2) is 103 Å². The van der Waals surface area contributed by atoms with E-state index in [4.69, 9.17) is 16.0 Å². The molecular weight excluding hydrogens is 480 g/mol. The van der Waals surface area contributed by atoms with Gasteiger partial charge in [-0.1, -0.05) is 117 Å². The Hall–Kier alpha value is -2.85. The van der Waals surface area contributed by atoms with Gasteiger partial charge in [0.25, 0.3) is 9.04 Å². The Morgan fingerprint density at radius 1 is 0.806 bits per heavy atom. The van der Waals surface area contributed by atoms with Crippen LogP contribution in [0.1, 0.15) is 56.4 Å². The minimum absolute atomic E-state index is 0.0211. The van der Waals surface area contributed by atoms with Crippen LogP contribution in [0.3, 0.4) is 0 Å². The van der Waals surface area contributed by atoms with Crippen LogP contribution in [0, 0.1) is 0 Å². The standard InChI is InChI=1S/C32H35ClO2Si/c1-32(2,3)25-19-22-29(30(34)16-10-11-24-17-20-26(33)21-18-24)31(23-25)35-36(27-12-6-4-7-13-27)28-14-8-5-9-15-28/h4-9,12-15,17-23,30,34,36H,10-11,16H2,1-3H3. The topological polar surface area (TPSA) is 29.5 Å². The fraction of sp³-hybridized carbons (Fsp3) is 0.250. The second kappa shape index (κ2) is 11.9. The predicted molar refractivity (Wildman–Crippen MR) is 154 cm³/mol. The lowest BCUT2D eigenvalue weighted by molar-refractivity contribution is 0.162. The molecule has 0 spiro atoms. The van der Waals surface area contributed by atoms with Gasteiger partial charge in [-0.25, -0.2) is 0 Å². The summed E-state index contributed by atoms with van der Waals surface area (Å²) in [7, 11) is -2.03. The average molecular weight is 515 g/mol. The van der Waals surface area contributed by atoms with Crippen molar-refractivity contribution in [3.05, 3.63) is 125 Å². The zero-order valence-corrected chi connectivity index (χ0v) is 23.2. The molecule has 1 unspecified atom stereocenters. The van der Waals surface area contributed by atoms with Crippen molar-refractivity contribution in [2.75, 3.05) is 0 Å². The van der Waals surface area contributed by atoms with E-state index in [2.05, 4.69) is 99.6 Å². The van der Waals surface area contributed by atoms with E-state index in [9.17, 15) is 5.11 Å². The largest absolute Gasteiger partial charge is 0.537 e. The molecule has 0 heterocycles. The summed E-state index contributed by atoms with van der Waals surface area (Å²) in [6, 6.07) is 35.2. The fourth-order valence-electron chi connectivity index (χ4n) is 4.40. The maximum absolute atomic E-state index is 11.3. The summed E-state index contributed by atoms with van der Waals surface area (Å²) in [5.74, 6) is 0.797. The molecule has 186 valence electrons. The van der Waals surface area contributed by atoms with Gasteiger partial charge in [-0.3, -0.25) is 0 Å². The Bertz CT molecular complexity index is 1200. The SMILES string of the molecule is CC(C)(C)c1ccc(C(O)CCCc2ccc(Cl)cc2)c(O[SiH](c2ccccc2)c2ccccc2)c1. The van der Waals surface area contributed by atoms with E-state index in [1.165, 1.54) is 21.5 Å². The second-order valence-corrected chi connectivity index (χ2v) is 13.1. The van der Waals surface area contributed by atoms with E-state index in [0.717, 1.165) is 29.2 Å². The molecule has 36 heavy (non-hydrogen) atoms. The van der Waals surface area contributed by atoms with Crippen LogP contribution in [0.2, 0.25) is 5.02 Å². The Labute approximate surface area is 222 Å². The van der Waals surface area contributed by atoms with E-state index in [0.29, 0.717) is 6.42 Å². The molecule has 0 fully saturated rings. The molecule has 1 N–H and O–H groups in total. The quantitative estimate of drug-likeness (QED) is 0.255. The number of hydrogen-bond acceptors (Lipinski definition) is 2. The third-order valence-corrected chi connectivity index (χ3v) is 9.27. The van der Waals surface area contributed by atoms with Crippen molar-refractivity contribution in [2.24, 2.45) is 0 Å². The molecule has 0 radical (unpaired) electrons. The third kappa shape index (κ3) is 6.88. The van der Waals surface area contributed by atoms with Gasteiger partial charge >= 0.3 is 0 Å². The molecule has 0 aromatic heterocycles. The summed E-state index contributed by atoms with van der Waals surface area (Å²) in [6.45, 7) is 6.62. The lowest BCUT2D eigenvalue weighted by atomic mass is 9.85. The molecule has 0 saturated heterocycles. The van der Waals surface area contributed by atoms with Crippen molar-refractivity contribution < 1.29 is 9.53 Å². The molecular formula is C32H35ClO2Si. The second-order valence-electron chi connectivity index (χ2n) is 10.4. The zero-order valence-electron chi connectivity index (χ0n) is 21.3. The van der Waals surface area contributed by atoms with E-state index in [-0.39, 0.29) is 5.41 Å². The predicted octanol–water partition coefficient (Wildman–Crippen LogP) is 6.61. The summed E-state index contributed by atoms with van der Waals surface area (Å²) >= 11 is 6.02. The monoisotopic (exact) mass is 514 g/mol. The smallest absolute Gasteiger partial charge is 0.299 e. The number of hydrogen-bond donors (Lipinski definition) is 1. The van der Waals surface area contributed by atoms with E-state index >= 15 is 0 Å². The third-order valence-electron chi connectivity index (χ3n) is 6.54. The maximum atomic E-state index is 11.3. The van der Waals surface area contributed by atoms with Crippen molar-refractivity contribution >= 4 is 31.0 Å². The van der Waals surface area contributed by atoms with Crippen molar-refractivity contribution in [1.82, 2.24) is 0 Å². The highest BCUT2D eigenvalue weighted by atomic mass is 35.5. The molecule has 2 nitrogen and oxygen atoms in total. The highest BCUT2D eigenvalue weighted by molar-refractivity contribution is 6.80.